The van der Waals surface area contributed by atoms with Crippen LogP contribution in [0.2, 0.25) is 0 Å². The van der Waals surface area contributed by atoms with Crippen molar-refractivity contribution in [3.05, 3.63) is 144 Å². The summed E-state index contributed by atoms with van der Waals surface area (Å²) in [6.07, 6.45) is 4.39. The zero-order valence-electron chi connectivity index (χ0n) is 20.1. The Kier molecular flexibility index (Phi) is 8.50. The molecule has 0 saturated carbocycles. The van der Waals surface area contributed by atoms with Crippen molar-refractivity contribution in [1.82, 2.24) is 4.90 Å². The van der Waals surface area contributed by atoms with Gasteiger partial charge in [-0.15, -0.1) is 0 Å². The minimum absolute atomic E-state index is 0.00421. The Hall–Kier alpha value is -4.11. The Morgan fingerprint density at radius 2 is 1.31 bits per heavy atom. The minimum Gasteiger partial charge on any atom is -0.497 e. The van der Waals surface area contributed by atoms with Crippen LogP contribution >= 0.6 is 0 Å². The summed E-state index contributed by atoms with van der Waals surface area (Å²) in [4.78, 5) is 15.3. The highest BCUT2D eigenvalue weighted by molar-refractivity contribution is 5.91. The molecule has 0 aliphatic heterocycles. The number of nitrogens with zero attached hydrogens (tertiary/aromatic N) is 1. The van der Waals surface area contributed by atoms with Crippen LogP contribution in [0.5, 0.6) is 5.75 Å². The lowest BCUT2D eigenvalue weighted by molar-refractivity contribution is -0.126. The lowest BCUT2D eigenvalue weighted by Gasteiger charge is -2.25. The summed E-state index contributed by atoms with van der Waals surface area (Å²) in [7, 11) is 1.66. The van der Waals surface area contributed by atoms with Crippen LogP contribution in [0.25, 0.3) is 6.08 Å². The predicted molar refractivity (Wildman–Crippen MR) is 143 cm³/mol. The van der Waals surface area contributed by atoms with E-state index in [1.807, 2.05) is 77.7 Å². The number of benzene rings is 4. The third kappa shape index (κ3) is 6.94. The molecule has 4 aromatic carbocycles. The molecule has 0 bridgehead atoms. The standard InChI is InChI=1S/C32H31NO2/c1-35-30-20-17-27(18-21-30)25-33(32(34)22-19-26-11-5-2-6-12-26)24-23-31(28-13-7-3-8-14-28)29-15-9-4-10-16-29/h2-22,31H,23-25H2,1H3/b22-19+. The van der Waals surface area contributed by atoms with E-state index in [2.05, 4.69) is 48.5 Å². The fourth-order valence-electron chi connectivity index (χ4n) is 4.24. The van der Waals surface area contributed by atoms with Crippen LogP contribution in [-0.2, 0) is 11.3 Å². The van der Waals surface area contributed by atoms with Crippen LogP contribution in [0, 0.1) is 0 Å². The molecule has 4 aromatic rings. The summed E-state index contributed by atoms with van der Waals surface area (Å²) in [6, 6.07) is 38.9. The van der Waals surface area contributed by atoms with Crippen molar-refractivity contribution in [1.29, 1.82) is 0 Å². The number of carbonyl (C=O) groups excluding carboxylic acids is 1. The third-order valence-corrected chi connectivity index (χ3v) is 6.15. The normalized spacial score (nSPS) is 11.0. The molecule has 0 aliphatic rings. The van der Waals surface area contributed by atoms with E-state index >= 15 is 0 Å². The Bertz CT molecular complexity index is 1160. The van der Waals surface area contributed by atoms with Gasteiger partial charge in [-0.1, -0.05) is 103 Å². The first-order valence-electron chi connectivity index (χ1n) is 12.0. The van der Waals surface area contributed by atoms with Crippen molar-refractivity contribution in [3.8, 4) is 5.75 Å². The first kappa shape index (κ1) is 24.0. The first-order chi connectivity index (χ1) is 17.2. The average molecular weight is 462 g/mol. The Morgan fingerprint density at radius 1 is 0.771 bits per heavy atom. The molecule has 0 aliphatic carbocycles. The fraction of sp³-hybridized carbons (Fsp3) is 0.156. The van der Waals surface area contributed by atoms with E-state index in [1.165, 1.54) is 11.1 Å². The van der Waals surface area contributed by atoms with Gasteiger partial charge in [0.15, 0.2) is 0 Å². The molecule has 1 amide bonds. The monoisotopic (exact) mass is 461 g/mol. The van der Waals surface area contributed by atoms with Crippen LogP contribution in [0.1, 0.15) is 34.6 Å². The van der Waals surface area contributed by atoms with Gasteiger partial charge in [-0.2, -0.15) is 0 Å². The predicted octanol–water partition coefficient (Wildman–Crippen LogP) is 6.96. The van der Waals surface area contributed by atoms with Crippen LogP contribution in [0.15, 0.2) is 121 Å². The molecule has 0 aromatic heterocycles. The van der Waals surface area contributed by atoms with Gasteiger partial charge in [-0.05, 0) is 46.9 Å². The summed E-state index contributed by atoms with van der Waals surface area (Å²) in [5.41, 5.74) is 4.60. The van der Waals surface area contributed by atoms with Crippen molar-refractivity contribution in [2.75, 3.05) is 13.7 Å². The van der Waals surface area contributed by atoms with Gasteiger partial charge in [0.1, 0.15) is 5.75 Å². The van der Waals surface area contributed by atoms with Crippen LogP contribution in [-0.4, -0.2) is 24.5 Å². The number of ether oxygens (including phenoxy) is 1. The molecule has 3 nitrogen and oxygen atoms in total. The Labute approximate surface area is 208 Å². The van der Waals surface area contributed by atoms with Gasteiger partial charge in [-0.25, -0.2) is 0 Å². The summed E-state index contributed by atoms with van der Waals surface area (Å²) in [5.74, 6) is 1.02. The Balaban J connectivity index is 1.56. The number of methoxy groups -OCH3 is 1. The maximum atomic E-state index is 13.3. The van der Waals surface area contributed by atoms with E-state index in [9.17, 15) is 4.79 Å². The van der Waals surface area contributed by atoms with Crippen LogP contribution < -0.4 is 4.74 Å². The van der Waals surface area contributed by atoms with Gasteiger partial charge in [0.2, 0.25) is 5.91 Å². The van der Waals surface area contributed by atoms with E-state index in [-0.39, 0.29) is 11.8 Å². The van der Waals surface area contributed by atoms with Gasteiger partial charge in [0.25, 0.3) is 0 Å². The van der Waals surface area contributed by atoms with Gasteiger partial charge in [-0.3, -0.25) is 4.79 Å². The molecular formula is C32H31NO2. The maximum Gasteiger partial charge on any atom is 0.246 e. The summed E-state index contributed by atoms with van der Waals surface area (Å²) in [6.45, 7) is 1.18. The van der Waals surface area contributed by atoms with Crippen molar-refractivity contribution in [3.63, 3.8) is 0 Å². The summed E-state index contributed by atoms with van der Waals surface area (Å²) < 4.78 is 5.29. The van der Waals surface area contributed by atoms with Crippen LogP contribution in [0.3, 0.4) is 0 Å². The zero-order chi connectivity index (χ0) is 24.3. The molecule has 35 heavy (non-hydrogen) atoms. The van der Waals surface area contributed by atoms with Gasteiger partial charge < -0.3 is 9.64 Å². The van der Waals surface area contributed by atoms with Gasteiger partial charge in [0, 0.05) is 25.1 Å². The Morgan fingerprint density at radius 3 is 1.86 bits per heavy atom. The van der Waals surface area contributed by atoms with E-state index in [0.717, 1.165) is 23.3 Å². The number of carbonyl (C=O) groups is 1. The molecular weight excluding hydrogens is 430 g/mol. The van der Waals surface area contributed by atoms with Crippen molar-refractivity contribution in [2.24, 2.45) is 0 Å². The quantitative estimate of drug-likeness (QED) is 0.239. The molecule has 176 valence electrons. The van der Waals surface area contributed by atoms with Crippen molar-refractivity contribution >= 4 is 12.0 Å². The highest BCUT2D eigenvalue weighted by Crippen LogP contribution is 2.28. The number of amides is 1. The molecule has 0 radical (unpaired) electrons. The molecule has 0 unspecified atom stereocenters. The molecule has 3 heteroatoms. The van der Waals surface area contributed by atoms with Crippen molar-refractivity contribution in [2.45, 2.75) is 18.9 Å². The molecule has 0 fully saturated rings. The van der Waals surface area contributed by atoms with Crippen LogP contribution in [0.4, 0.5) is 0 Å². The molecule has 0 N–H and O–H groups in total. The van der Waals surface area contributed by atoms with E-state index in [0.29, 0.717) is 13.1 Å². The van der Waals surface area contributed by atoms with Gasteiger partial charge in [0.05, 0.1) is 7.11 Å². The average Bonchev–Trinajstić information content (AvgIpc) is 2.93. The number of hydrogen-bond acceptors (Lipinski definition) is 2. The molecule has 4 rings (SSSR count). The third-order valence-electron chi connectivity index (χ3n) is 6.15. The number of rotatable bonds is 10. The summed E-state index contributed by atoms with van der Waals surface area (Å²) in [5, 5.41) is 0. The fourth-order valence-corrected chi connectivity index (χ4v) is 4.24. The second-order valence-electron chi connectivity index (χ2n) is 8.51. The largest absolute Gasteiger partial charge is 0.497 e. The lowest BCUT2D eigenvalue weighted by Crippen LogP contribution is -2.31. The first-order valence-corrected chi connectivity index (χ1v) is 12.0. The van der Waals surface area contributed by atoms with E-state index in [4.69, 9.17) is 4.74 Å². The smallest absolute Gasteiger partial charge is 0.246 e. The second-order valence-corrected chi connectivity index (χ2v) is 8.51. The second kappa shape index (κ2) is 12.4. The SMILES string of the molecule is COc1ccc(CN(CCC(c2ccccc2)c2ccccc2)C(=O)/C=C/c2ccccc2)cc1. The molecule has 0 spiro atoms. The highest BCUT2D eigenvalue weighted by Gasteiger charge is 2.18. The molecule has 0 saturated heterocycles. The zero-order valence-corrected chi connectivity index (χ0v) is 20.1. The number of hydrogen-bond donors (Lipinski definition) is 0. The minimum atomic E-state index is 0.00421. The summed E-state index contributed by atoms with van der Waals surface area (Å²) >= 11 is 0. The topological polar surface area (TPSA) is 29.5 Å². The van der Waals surface area contributed by atoms with Gasteiger partial charge >= 0.3 is 0 Å². The molecule has 0 atom stereocenters. The van der Waals surface area contributed by atoms with E-state index < -0.39 is 0 Å². The van der Waals surface area contributed by atoms with E-state index in [1.54, 1.807) is 13.2 Å². The highest BCUT2D eigenvalue weighted by atomic mass is 16.5. The molecule has 0 heterocycles. The van der Waals surface area contributed by atoms with Crippen molar-refractivity contribution < 1.29 is 9.53 Å². The maximum absolute atomic E-state index is 13.3. The lowest BCUT2D eigenvalue weighted by atomic mass is 9.88.